The molecule has 156 valence electrons. The second-order valence-electron chi connectivity index (χ2n) is 8.15. The Morgan fingerprint density at radius 3 is 2.31 bits per heavy atom. The maximum atomic E-state index is 5.69. The van der Waals surface area contributed by atoms with Crippen LogP contribution in [-0.2, 0) is 0 Å². The van der Waals surface area contributed by atoms with Crippen LogP contribution in [0.4, 0.5) is 11.4 Å². The number of hydrogen-bond acceptors (Lipinski definition) is 3. The lowest BCUT2D eigenvalue weighted by molar-refractivity contribution is 0.412. The summed E-state index contributed by atoms with van der Waals surface area (Å²) in [5.74, 6) is 1.74. The molecule has 0 saturated heterocycles. The summed E-state index contributed by atoms with van der Waals surface area (Å²) in [5.41, 5.74) is 7.75. The highest BCUT2D eigenvalue weighted by molar-refractivity contribution is 6.19. The van der Waals surface area contributed by atoms with Gasteiger partial charge in [0.15, 0.2) is 0 Å². The normalized spacial score (nSPS) is 13.0. The van der Waals surface area contributed by atoms with Gasteiger partial charge in [0.1, 0.15) is 5.75 Å². The molecule has 0 aliphatic carbocycles. The fourth-order valence-corrected chi connectivity index (χ4v) is 4.92. The van der Waals surface area contributed by atoms with Crippen molar-refractivity contribution in [1.29, 1.82) is 0 Å². The van der Waals surface area contributed by atoms with Gasteiger partial charge in [-0.2, -0.15) is 0 Å². The summed E-state index contributed by atoms with van der Waals surface area (Å²) in [6.45, 7) is 2.12. The zero-order valence-corrected chi connectivity index (χ0v) is 18.3. The molecular formula is C28H23N3O. The third-order valence-corrected chi connectivity index (χ3v) is 6.44. The molecule has 4 nitrogen and oxygen atoms in total. The van der Waals surface area contributed by atoms with E-state index in [1.807, 2.05) is 6.07 Å². The molecule has 0 spiro atoms. The Morgan fingerprint density at radius 2 is 1.47 bits per heavy atom. The molecule has 32 heavy (non-hydrogen) atoms. The van der Waals surface area contributed by atoms with E-state index in [0.717, 1.165) is 45.2 Å². The average Bonchev–Trinajstić information content (AvgIpc) is 3.11. The number of fused-ring (bicyclic) bond motifs is 6. The van der Waals surface area contributed by atoms with Crippen LogP contribution in [0.25, 0.3) is 32.9 Å². The molecule has 6 rings (SSSR count). The lowest BCUT2D eigenvalue weighted by Gasteiger charge is -2.24. The lowest BCUT2D eigenvalue weighted by Crippen LogP contribution is -2.32. The van der Waals surface area contributed by atoms with E-state index in [4.69, 9.17) is 9.73 Å². The molecule has 4 heteroatoms. The molecule has 0 unspecified atom stereocenters. The number of methoxy groups -OCH3 is 1. The zero-order valence-electron chi connectivity index (χ0n) is 18.3. The van der Waals surface area contributed by atoms with Gasteiger partial charge in [0.2, 0.25) is 5.96 Å². The molecule has 0 N–H and O–H groups in total. The molecule has 0 amide bonds. The van der Waals surface area contributed by atoms with Crippen molar-refractivity contribution < 1.29 is 4.74 Å². The van der Waals surface area contributed by atoms with Crippen molar-refractivity contribution in [3.63, 3.8) is 0 Å². The number of hydrogen-bond donors (Lipinski definition) is 0. The highest BCUT2D eigenvalue weighted by Crippen LogP contribution is 2.41. The molecular weight excluding hydrogens is 394 g/mol. The van der Waals surface area contributed by atoms with E-state index in [1.165, 1.54) is 16.3 Å². The number of aromatic nitrogens is 1. The molecule has 1 aromatic heterocycles. The molecule has 0 atom stereocenters. The van der Waals surface area contributed by atoms with Crippen molar-refractivity contribution >= 4 is 39.1 Å². The average molecular weight is 418 g/mol. The predicted octanol–water partition coefficient (Wildman–Crippen LogP) is 6.76. The zero-order chi connectivity index (χ0) is 21.8. The van der Waals surface area contributed by atoms with Crippen molar-refractivity contribution in [2.45, 2.75) is 6.92 Å². The highest BCUT2D eigenvalue weighted by Gasteiger charge is 2.25. The van der Waals surface area contributed by atoms with E-state index in [9.17, 15) is 0 Å². The maximum absolute atomic E-state index is 5.69. The Labute approximate surface area is 187 Å². The van der Waals surface area contributed by atoms with E-state index in [2.05, 4.69) is 102 Å². The van der Waals surface area contributed by atoms with Gasteiger partial charge in [-0.15, -0.1) is 0 Å². The number of aliphatic imine (C=N–C) groups is 1. The van der Waals surface area contributed by atoms with Gasteiger partial charge in [-0.05, 0) is 37.3 Å². The fourth-order valence-electron chi connectivity index (χ4n) is 4.92. The van der Waals surface area contributed by atoms with Gasteiger partial charge in [0.25, 0.3) is 0 Å². The second kappa shape index (κ2) is 6.99. The summed E-state index contributed by atoms with van der Waals surface area (Å²) in [5, 5.41) is 2.40. The Hall–Kier alpha value is -4.05. The molecule has 5 aromatic rings. The summed E-state index contributed by atoms with van der Waals surface area (Å²) in [7, 11) is 3.82. The molecule has 0 radical (unpaired) electrons. The number of benzene rings is 4. The number of ether oxygens (including phenoxy) is 1. The van der Waals surface area contributed by atoms with Crippen LogP contribution in [0.15, 0.2) is 89.9 Å². The van der Waals surface area contributed by atoms with Crippen LogP contribution in [-0.4, -0.2) is 24.7 Å². The second-order valence-corrected chi connectivity index (χ2v) is 8.15. The topological polar surface area (TPSA) is 29.8 Å². The van der Waals surface area contributed by atoms with Crippen molar-refractivity contribution in [2.24, 2.45) is 4.99 Å². The number of rotatable bonds is 1. The van der Waals surface area contributed by atoms with Crippen molar-refractivity contribution in [3.05, 3.63) is 90.5 Å². The van der Waals surface area contributed by atoms with Gasteiger partial charge in [-0.1, -0.05) is 54.6 Å². The number of para-hydroxylation sites is 3. The van der Waals surface area contributed by atoms with Crippen LogP contribution >= 0.6 is 0 Å². The van der Waals surface area contributed by atoms with Crippen molar-refractivity contribution in [3.8, 4) is 16.9 Å². The van der Waals surface area contributed by atoms with Gasteiger partial charge >= 0.3 is 0 Å². The largest absolute Gasteiger partial charge is 0.496 e. The first-order chi connectivity index (χ1) is 15.7. The minimum Gasteiger partial charge on any atom is -0.496 e. The predicted molar refractivity (Wildman–Crippen MR) is 134 cm³/mol. The molecule has 0 saturated carbocycles. The van der Waals surface area contributed by atoms with Crippen LogP contribution in [0.5, 0.6) is 5.75 Å². The monoisotopic (exact) mass is 417 g/mol. The Kier molecular flexibility index (Phi) is 4.08. The molecule has 0 bridgehead atoms. The van der Waals surface area contributed by atoms with Crippen molar-refractivity contribution in [1.82, 2.24) is 4.57 Å². The Bertz CT molecular complexity index is 1540. The minimum atomic E-state index is 0.866. The quantitative estimate of drug-likeness (QED) is 0.301. The van der Waals surface area contributed by atoms with E-state index >= 15 is 0 Å². The highest BCUT2D eigenvalue weighted by atomic mass is 16.5. The first kappa shape index (κ1) is 18.7. The molecule has 2 heterocycles. The van der Waals surface area contributed by atoms with Crippen LogP contribution < -0.4 is 9.64 Å². The SMILES string of the molecule is COc1ccc2c3ccccc3n(C3=Nc4ccccc4-c4ccccc4N3C)c2c1C. The van der Waals surface area contributed by atoms with Gasteiger partial charge in [0, 0.05) is 34.5 Å². The first-order valence-corrected chi connectivity index (χ1v) is 10.8. The Morgan fingerprint density at radius 1 is 0.750 bits per heavy atom. The number of nitrogens with zero attached hydrogens (tertiary/aromatic N) is 3. The summed E-state index contributed by atoms with van der Waals surface area (Å²) in [4.78, 5) is 7.43. The third-order valence-electron chi connectivity index (χ3n) is 6.44. The first-order valence-electron chi connectivity index (χ1n) is 10.8. The Balaban J connectivity index is 1.77. The lowest BCUT2D eigenvalue weighted by atomic mass is 10.0. The molecule has 4 aromatic carbocycles. The van der Waals surface area contributed by atoms with Gasteiger partial charge in [-0.3, -0.25) is 4.57 Å². The van der Waals surface area contributed by atoms with Crippen LogP contribution in [0.2, 0.25) is 0 Å². The molecule has 1 aliphatic heterocycles. The van der Waals surface area contributed by atoms with Crippen molar-refractivity contribution in [2.75, 3.05) is 19.1 Å². The van der Waals surface area contributed by atoms with E-state index in [0.29, 0.717) is 0 Å². The van der Waals surface area contributed by atoms with E-state index in [1.54, 1.807) is 7.11 Å². The molecule has 1 aliphatic rings. The summed E-state index contributed by atoms with van der Waals surface area (Å²) in [6.07, 6.45) is 0. The van der Waals surface area contributed by atoms with Gasteiger partial charge in [-0.25, -0.2) is 4.99 Å². The standard InChI is InChI=1S/C28H23N3O/c1-18-26(32-3)17-16-22-21-12-6-9-15-25(21)31(27(18)22)28-29-23-13-7-4-10-19(23)20-11-5-8-14-24(20)30(28)2/h4-17H,1-3H3. The van der Waals surface area contributed by atoms with Crippen LogP contribution in [0.3, 0.4) is 0 Å². The van der Waals surface area contributed by atoms with E-state index < -0.39 is 0 Å². The smallest absolute Gasteiger partial charge is 0.215 e. The fraction of sp³-hybridized carbons (Fsp3) is 0.107. The summed E-state index contributed by atoms with van der Waals surface area (Å²) >= 11 is 0. The minimum absolute atomic E-state index is 0.866. The van der Waals surface area contributed by atoms with Gasteiger partial charge in [0.05, 0.1) is 29.5 Å². The molecule has 0 fully saturated rings. The summed E-state index contributed by atoms with van der Waals surface area (Å²) < 4.78 is 7.97. The number of aryl methyl sites for hydroxylation is 1. The van der Waals surface area contributed by atoms with E-state index in [-0.39, 0.29) is 0 Å². The maximum Gasteiger partial charge on any atom is 0.215 e. The van der Waals surface area contributed by atoms with Crippen LogP contribution in [0, 0.1) is 6.92 Å². The third kappa shape index (κ3) is 2.53. The number of anilines is 1. The summed E-state index contributed by atoms with van der Waals surface area (Å²) in [6, 6.07) is 29.6. The van der Waals surface area contributed by atoms with Crippen LogP contribution in [0.1, 0.15) is 5.56 Å². The van der Waals surface area contributed by atoms with Gasteiger partial charge < -0.3 is 9.64 Å².